The molecular weight excluding hydrogens is 270 g/mol. The van der Waals surface area contributed by atoms with Crippen LogP contribution in [0.5, 0.6) is 5.75 Å². The van der Waals surface area contributed by atoms with Crippen molar-refractivity contribution in [1.82, 2.24) is 0 Å². The lowest BCUT2D eigenvalue weighted by Crippen LogP contribution is -2.04. The number of carbonyl (C=O) groups is 1. The number of Topliss-reactive ketones (excluding diaryl/α,β-unsaturated/α-hetero) is 1. The number of para-hydroxylation sites is 1. The van der Waals surface area contributed by atoms with Crippen molar-refractivity contribution in [2.75, 3.05) is 0 Å². The van der Waals surface area contributed by atoms with Crippen LogP contribution in [-0.2, 0) is 6.61 Å². The summed E-state index contributed by atoms with van der Waals surface area (Å²) in [5.74, 6) is 0.336. The molecule has 0 saturated carbocycles. The molecule has 0 aliphatic heterocycles. The molecule has 0 amide bonds. The van der Waals surface area contributed by atoms with Crippen LogP contribution in [0.1, 0.15) is 28.4 Å². The van der Waals surface area contributed by atoms with Crippen LogP contribution in [0.2, 0.25) is 0 Å². The minimum absolute atomic E-state index is 0.00832. The SMILES string of the molecule is CC(=O)c1cc(C)ccc1OCc1ccccc1[N+](=O)[O-]. The molecule has 5 nitrogen and oxygen atoms in total. The Bertz CT molecular complexity index is 694. The van der Waals surface area contributed by atoms with Crippen LogP contribution in [0, 0.1) is 17.0 Å². The van der Waals surface area contributed by atoms with Crippen molar-refractivity contribution in [3.05, 3.63) is 69.3 Å². The van der Waals surface area contributed by atoms with Crippen molar-refractivity contribution in [1.29, 1.82) is 0 Å². The summed E-state index contributed by atoms with van der Waals surface area (Å²) >= 11 is 0. The van der Waals surface area contributed by atoms with E-state index in [0.717, 1.165) is 5.56 Å². The van der Waals surface area contributed by atoms with E-state index in [4.69, 9.17) is 4.74 Å². The summed E-state index contributed by atoms with van der Waals surface area (Å²) < 4.78 is 5.61. The standard InChI is InChI=1S/C16H15NO4/c1-11-7-8-16(14(9-11)12(2)18)21-10-13-5-3-4-6-15(13)17(19)20/h3-9H,10H2,1-2H3. The van der Waals surface area contributed by atoms with Crippen LogP contribution < -0.4 is 4.74 Å². The summed E-state index contributed by atoms with van der Waals surface area (Å²) in [5.41, 5.74) is 1.92. The van der Waals surface area contributed by atoms with Crippen LogP contribution in [-0.4, -0.2) is 10.7 Å². The second-order valence-corrected chi connectivity index (χ2v) is 4.73. The van der Waals surface area contributed by atoms with Crippen LogP contribution >= 0.6 is 0 Å². The lowest BCUT2D eigenvalue weighted by molar-refractivity contribution is -0.385. The van der Waals surface area contributed by atoms with Crippen molar-refractivity contribution in [2.45, 2.75) is 20.5 Å². The zero-order chi connectivity index (χ0) is 15.4. The van der Waals surface area contributed by atoms with E-state index in [-0.39, 0.29) is 18.1 Å². The summed E-state index contributed by atoms with van der Waals surface area (Å²) in [7, 11) is 0. The first kappa shape index (κ1) is 14.7. The molecule has 0 radical (unpaired) electrons. The molecule has 0 atom stereocenters. The minimum Gasteiger partial charge on any atom is -0.488 e. The Morgan fingerprint density at radius 3 is 2.62 bits per heavy atom. The molecule has 0 aliphatic rings. The molecule has 5 heteroatoms. The number of nitrogens with zero attached hydrogens (tertiary/aromatic N) is 1. The van der Waals surface area contributed by atoms with Gasteiger partial charge in [0.1, 0.15) is 12.4 Å². The summed E-state index contributed by atoms with van der Waals surface area (Å²) in [6, 6.07) is 11.7. The summed E-state index contributed by atoms with van der Waals surface area (Å²) in [4.78, 5) is 22.1. The predicted octanol–water partition coefficient (Wildman–Crippen LogP) is 3.68. The molecule has 0 aromatic heterocycles. The van der Waals surface area contributed by atoms with Crippen molar-refractivity contribution in [2.24, 2.45) is 0 Å². The Morgan fingerprint density at radius 2 is 1.95 bits per heavy atom. The highest BCUT2D eigenvalue weighted by Gasteiger charge is 2.14. The number of ether oxygens (including phenoxy) is 1. The number of hydrogen-bond acceptors (Lipinski definition) is 4. The van der Waals surface area contributed by atoms with E-state index in [1.807, 2.05) is 13.0 Å². The molecule has 108 valence electrons. The van der Waals surface area contributed by atoms with Gasteiger partial charge in [0, 0.05) is 6.07 Å². The average Bonchev–Trinajstić information content (AvgIpc) is 2.46. The maximum atomic E-state index is 11.6. The third kappa shape index (κ3) is 3.45. The fraction of sp³-hybridized carbons (Fsp3) is 0.188. The fourth-order valence-corrected chi connectivity index (χ4v) is 2.01. The van der Waals surface area contributed by atoms with Crippen LogP contribution in [0.15, 0.2) is 42.5 Å². The van der Waals surface area contributed by atoms with Gasteiger partial charge in [0.05, 0.1) is 16.1 Å². The first-order valence-corrected chi connectivity index (χ1v) is 6.45. The van der Waals surface area contributed by atoms with Gasteiger partial charge in [0.25, 0.3) is 5.69 Å². The largest absolute Gasteiger partial charge is 0.488 e. The van der Waals surface area contributed by atoms with E-state index in [1.165, 1.54) is 13.0 Å². The lowest BCUT2D eigenvalue weighted by Gasteiger charge is -2.10. The number of carbonyl (C=O) groups excluding carboxylic acids is 1. The Balaban J connectivity index is 2.25. The highest BCUT2D eigenvalue weighted by Crippen LogP contribution is 2.24. The molecular formula is C16H15NO4. The van der Waals surface area contributed by atoms with Crippen LogP contribution in [0.3, 0.4) is 0 Å². The molecule has 0 fully saturated rings. The second-order valence-electron chi connectivity index (χ2n) is 4.73. The minimum atomic E-state index is -0.445. The third-order valence-electron chi connectivity index (χ3n) is 3.09. The van der Waals surface area contributed by atoms with Gasteiger partial charge in [-0.2, -0.15) is 0 Å². The predicted molar refractivity (Wildman–Crippen MR) is 78.6 cm³/mol. The topological polar surface area (TPSA) is 69.4 Å². The van der Waals surface area contributed by atoms with Gasteiger partial charge in [-0.1, -0.05) is 23.8 Å². The molecule has 0 unspecified atom stereocenters. The average molecular weight is 285 g/mol. The molecule has 0 N–H and O–H groups in total. The highest BCUT2D eigenvalue weighted by molar-refractivity contribution is 5.97. The monoisotopic (exact) mass is 285 g/mol. The first-order valence-electron chi connectivity index (χ1n) is 6.45. The fourth-order valence-electron chi connectivity index (χ4n) is 2.01. The number of nitro benzene ring substituents is 1. The quantitative estimate of drug-likeness (QED) is 0.477. The number of aryl methyl sites for hydroxylation is 1. The molecule has 0 saturated heterocycles. The van der Waals surface area contributed by atoms with Crippen LogP contribution in [0.4, 0.5) is 5.69 Å². The Morgan fingerprint density at radius 1 is 1.24 bits per heavy atom. The zero-order valence-electron chi connectivity index (χ0n) is 11.8. The number of nitro groups is 1. The van der Waals surface area contributed by atoms with Crippen molar-refractivity contribution < 1.29 is 14.5 Å². The van der Waals surface area contributed by atoms with Crippen molar-refractivity contribution in [3.63, 3.8) is 0 Å². The van der Waals surface area contributed by atoms with E-state index < -0.39 is 4.92 Å². The van der Waals surface area contributed by atoms with Crippen molar-refractivity contribution in [3.8, 4) is 5.75 Å². The molecule has 0 heterocycles. The van der Waals surface area contributed by atoms with Gasteiger partial charge in [-0.25, -0.2) is 0 Å². The maximum Gasteiger partial charge on any atom is 0.276 e. The molecule has 21 heavy (non-hydrogen) atoms. The Labute approximate surface area is 122 Å². The first-order chi connectivity index (χ1) is 9.99. The van der Waals surface area contributed by atoms with Gasteiger partial charge >= 0.3 is 0 Å². The third-order valence-corrected chi connectivity index (χ3v) is 3.09. The molecule has 2 rings (SSSR count). The van der Waals surface area contributed by atoms with Gasteiger partial charge in [-0.05, 0) is 32.0 Å². The number of hydrogen-bond donors (Lipinski definition) is 0. The zero-order valence-corrected chi connectivity index (χ0v) is 11.8. The molecule has 2 aromatic rings. The van der Waals surface area contributed by atoms with E-state index in [2.05, 4.69) is 0 Å². The Hall–Kier alpha value is -2.69. The smallest absolute Gasteiger partial charge is 0.276 e. The van der Waals surface area contributed by atoms with E-state index in [9.17, 15) is 14.9 Å². The van der Waals surface area contributed by atoms with E-state index in [1.54, 1.807) is 30.3 Å². The van der Waals surface area contributed by atoms with Gasteiger partial charge in [-0.3, -0.25) is 14.9 Å². The van der Waals surface area contributed by atoms with Gasteiger partial charge < -0.3 is 4.74 Å². The Kier molecular flexibility index (Phi) is 4.33. The molecule has 2 aromatic carbocycles. The van der Waals surface area contributed by atoms with Crippen LogP contribution in [0.25, 0.3) is 0 Å². The molecule has 0 aliphatic carbocycles. The maximum absolute atomic E-state index is 11.6. The number of rotatable bonds is 5. The van der Waals surface area contributed by atoms with Gasteiger partial charge in [0.2, 0.25) is 0 Å². The summed E-state index contributed by atoms with van der Waals surface area (Å²) in [6.45, 7) is 3.39. The number of ketones is 1. The molecule has 0 bridgehead atoms. The molecule has 0 spiro atoms. The number of benzene rings is 2. The van der Waals surface area contributed by atoms with E-state index >= 15 is 0 Å². The van der Waals surface area contributed by atoms with Gasteiger partial charge in [0.15, 0.2) is 5.78 Å². The van der Waals surface area contributed by atoms with E-state index in [0.29, 0.717) is 16.9 Å². The van der Waals surface area contributed by atoms with Gasteiger partial charge in [-0.15, -0.1) is 0 Å². The normalized spacial score (nSPS) is 10.2. The summed E-state index contributed by atoms with van der Waals surface area (Å²) in [5, 5.41) is 10.9. The lowest BCUT2D eigenvalue weighted by atomic mass is 10.1. The highest BCUT2D eigenvalue weighted by atomic mass is 16.6. The summed E-state index contributed by atoms with van der Waals surface area (Å²) in [6.07, 6.45) is 0. The second kappa shape index (κ2) is 6.17. The van der Waals surface area contributed by atoms with Crippen molar-refractivity contribution >= 4 is 11.5 Å².